The first kappa shape index (κ1) is 15.8. The van der Waals surface area contributed by atoms with E-state index in [1.165, 1.54) is 6.07 Å². The molecule has 0 spiro atoms. The number of aromatic nitrogens is 1. The van der Waals surface area contributed by atoms with Gasteiger partial charge in [0, 0.05) is 23.5 Å². The van der Waals surface area contributed by atoms with E-state index in [9.17, 15) is 4.39 Å². The normalized spacial score (nSPS) is 10.5. The molecule has 0 aliphatic carbocycles. The highest BCUT2D eigenvalue weighted by molar-refractivity contribution is 5.74. The van der Waals surface area contributed by atoms with Crippen LogP contribution in [0.2, 0.25) is 0 Å². The Morgan fingerprint density at radius 2 is 1.42 bits per heavy atom. The lowest BCUT2D eigenvalue weighted by molar-refractivity contribution is 0.355. The van der Waals surface area contributed by atoms with Gasteiger partial charge in [-0.25, -0.2) is 4.39 Å². The fourth-order valence-corrected chi connectivity index (χ4v) is 2.48. The maximum absolute atomic E-state index is 13.7. The maximum Gasteiger partial charge on any atom is 0.161 e. The van der Waals surface area contributed by atoms with Gasteiger partial charge in [-0.05, 0) is 41.5 Å². The van der Waals surface area contributed by atoms with Crippen LogP contribution in [-0.4, -0.2) is 19.2 Å². The summed E-state index contributed by atoms with van der Waals surface area (Å²) in [6.45, 7) is 0. The lowest BCUT2D eigenvalue weighted by Crippen LogP contribution is -1.92. The van der Waals surface area contributed by atoms with Crippen molar-refractivity contribution in [1.82, 2.24) is 4.98 Å². The molecule has 0 atom stereocenters. The van der Waals surface area contributed by atoms with Crippen molar-refractivity contribution in [1.29, 1.82) is 0 Å². The zero-order valence-corrected chi connectivity index (χ0v) is 13.4. The monoisotopic (exact) mass is 324 g/mol. The summed E-state index contributed by atoms with van der Waals surface area (Å²) in [5.41, 5.74) is 9.01. The molecule has 0 aliphatic rings. The summed E-state index contributed by atoms with van der Waals surface area (Å²) in [5, 5.41) is 0. The van der Waals surface area contributed by atoms with Crippen LogP contribution in [0.4, 0.5) is 10.1 Å². The third-order valence-electron chi connectivity index (χ3n) is 3.79. The molecule has 2 N–H and O–H groups in total. The van der Waals surface area contributed by atoms with Gasteiger partial charge >= 0.3 is 0 Å². The number of nitrogens with zero attached hydrogens (tertiary/aromatic N) is 1. The number of rotatable bonds is 4. The Morgan fingerprint density at radius 1 is 0.792 bits per heavy atom. The minimum atomic E-state index is -0.441. The summed E-state index contributed by atoms with van der Waals surface area (Å²) >= 11 is 0. The van der Waals surface area contributed by atoms with Crippen LogP contribution in [0.1, 0.15) is 0 Å². The van der Waals surface area contributed by atoms with Crippen LogP contribution in [0.25, 0.3) is 22.3 Å². The molecular weight excluding hydrogens is 307 g/mol. The summed E-state index contributed by atoms with van der Waals surface area (Å²) in [6.07, 6.45) is 3.44. The van der Waals surface area contributed by atoms with Crippen LogP contribution in [0.5, 0.6) is 11.5 Å². The maximum atomic E-state index is 13.7. The molecule has 0 bridgehead atoms. The number of ether oxygens (including phenoxy) is 2. The Morgan fingerprint density at radius 3 is 2.04 bits per heavy atom. The Hall–Kier alpha value is -3.08. The minimum absolute atomic E-state index is 0.128. The molecule has 0 amide bonds. The Kier molecular flexibility index (Phi) is 4.33. The van der Waals surface area contributed by atoms with Gasteiger partial charge in [-0.2, -0.15) is 0 Å². The topological polar surface area (TPSA) is 57.4 Å². The van der Waals surface area contributed by atoms with Crippen molar-refractivity contribution >= 4 is 5.69 Å². The van der Waals surface area contributed by atoms with Crippen molar-refractivity contribution in [3.63, 3.8) is 0 Å². The van der Waals surface area contributed by atoms with Crippen molar-refractivity contribution < 1.29 is 13.9 Å². The Balaban J connectivity index is 2.03. The second-order valence-electron chi connectivity index (χ2n) is 5.27. The van der Waals surface area contributed by atoms with E-state index in [4.69, 9.17) is 15.2 Å². The number of halogens is 1. The van der Waals surface area contributed by atoms with E-state index in [1.54, 1.807) is 38.7 Å². The highest BCUT2D eigenvalue weighted by atomic mass is 19.1. The van der Waals surface area contributed by atoms with E-state index in [1.807, 2.05) is 24.3 Å². The first-order valence-corrected chi connectivity index (χ1v) is 7.35. The molecule has 5 heteroatoms. The first-order chi connectivity index (χ1) is 11.6. The van der Waals surface area contributed by atoms with Crippen LogP contribution in [0.15, 0.2) is 54.9 Å². The van der Waals surface area contributed by atoms with Gasteiger partial charge in [0.15, 0.2) is 11.5 Å². The van der Waals surface area contributed by atoms with Crippen LogP contribution in [0, 0.1) is 5.82 Å². The summed E-state index contributed by atoms with van der Waals surface area (Å²) in [7, 11) is 3.18. The lowest BCUT2D eigenvalue weighted by Gasteiger charge is -2.10. The fraction of sp³-hybridized carbons (Fsp3) is 0.105. The van der Waals surface area contributed by atoms with Gasteiger partial charge in [0.1, 0.15) is 5.82 Å². The molecule has 1 aromatic heterocycles. The van der Waals surface area contributed by atoms with Gasteiger partial charge in [-0.1, -0.05) is 12.1 Å². The van der Waals surface area contributed by atoms with E-state index in [-0.39, 0.29) is 5.69 Å². The number of pyridine rings is 1. The lowest BCUT2D eigenvalue weighted by atomic mass is 10.0. The zero-order chi connectivity index (χ0) is 17.1. The average molecular weight is 324 g/mol. The predicted molar refractivity (Wildman–Crippen MR) is 92.6 cm³/mol. The largest absolute Gasteiger partial charge is 0.493 e. The van der Waals surface area contributed by atoms with Crippen molar-refractivity contribution in [2.45, 2.75) is 0 Å². The molecule has 0 saturated carbocycles. The van der Waals surface area contributed by atoms with Crippen molar-refractivity contribution in [2.24, 2.45) is 0 Å². The Bertz CT molecular complexity index is 881. The SMILES string of the molecule is COc1ccc(-c2cncc(-c3ccc(N)c(F)c3)c2)cc1OC. The molecular formula is C19H17FN2O2. The van der Waals surface area contributed by atoms with E-state index < -0.39 is 5.82 Å². The first-order valence-electron chi connectivity index (χ1n) is 7.35. The number of nitrogens with two attached hydrogens (primary N) is 1. The molecule has 0 aliphatic heterocycles. The summed E-state index contributed by atoms with van der Waals surface area (Å²) in [4.78, 5) is 4.26. The van der Waals surface area contributed by atoms with E-state index in [0.717, 1.165) is 22.3 Å². The van der Waals surface area contributed by atoms with Gasteiger partial charge in [-0.3, -0.25) is 4.98 Å². The number of anilines is 1. The molecule has 24 heavy (non-hydrogen) atoms. The highest BCUT2D eigenvalue weighted by Crippen LogP contribution is 2.33. The molecule has 2 aromatic carbocycles. The molecule has 122 valence electrons. The second kappa shape index (κ2) is 6.58. The molecule has 3 aromatic rings. The third kappa shape index (κ3) is 3.01. The third-order valence-corrected chi connectivity index (χ3v) is 3.79. The van der Waals surface area contributed by atoms with Crippen LogP contribution in [-0.2, 0) is 0 Å². The number of nitrogen functional groups attached to an aromatic ring is 1. The van der Waals surface area contributed by atoms with Crippen LogP contribution in [0.3, 0.4) is 0 Å². The van der Waals surface area contributed by atoms with Crippen molar-refractivity contribution in [2.75, 3.05) is 20.0 Å². The van der Waals surface area contributed by atoms with E-state index in [0.29, 0.717) is 11.5 Å². The van der Waals surface area contributed by atoms with E-state index >= 15 is 0 Å². The average Bonchev–Trinajstić information content (AvgIpc) is 2.63. The molecule has 1 heterocycles. The molecule has 0 fully saturated rings. The zero-order valence-electron chi connectivity index (χ0n) is 13.4. The van der Waals surface area contributed by atoms with Crippen molar-refractivity contribution in [3.8, 4) is 33.8 Å². The fourth-order valence-electron chi connectivity index (χ4n) is 2.48. The minimum Gasteiger partial charge on any atom is -0.493 e. The molecule has 0 unspecified atom stereocenters. The quantitative estimate of drug-likeness (QED) is 0.732. The van der Waals surface area contributed by atoms with Gasteiger partial charge in [0.05, 0.1) is 19.9 Å². The standard InChI is InChI=1S/C19H17FN2O2/c1-23-18-6-4-13(9-19(18)24-2)15-7-14(10-22-11-15)12-3-5-17(21)16(20)8-12/h3-11H,21H2,1-2H3. The Labute approximate surface area is 139 Å². The van der Waals surface area contributed by atoms with Crippen LogP contribution >= 0.6 is 0 Å². The van der Waals surface area contributed by atoms with Gasteiger partial charge in [0.25, 0.3) is 0 Å². The summed E-state index contributed by atoms with van der Waals surface area (Å²) in [5.74, 6) is 0.855. The van der Waals surface area contributed by atoms with E-state index in [2.05, 4.69) is 4.98 Å². The number of benzene rings is 2. The smallest absolute Gasteiger partial charge is 0.161 e. The van der Waals surface area contributed by atoms with Gasteiger partial charge < -0.3 is 15.2 Å². The molecule has 0 radical (unpaired) electrons. The van der Waals surface area contributed by atoms with Gasteiger partial charge in [0.2, 0.25) is 0 Å². The van der Waals surface area contributed by atoms with Crippen LogP contribution < -0.4 is 15.2 Å². The summed E-state index contributed by atoms with van der Waals surface area (Å²) in [6, 6.07) is 12.3. The molecule has 4 nitrogen and oxygen atoms in total. The predicted octanol–water partition coefficient (Wildman–Crippen LogP) is 4.15. The second-order valence-corrected chi connectivity index (χ2v) is 5.27. The van der Waals surface area contributed by atoms with Crippen molar-refractivity contribution in [3.05, 3.63) is 60.7 Å². The number of hydrogen-bond acceptors (Lipinski definition) is 4. The molecule has 3 rings (SSSR count). The molecule has 0 saturated heterocycles. The van der Waals surface area contributed by atoms with Gasteiger partial charge in [-0.15, -0.1) is 0 Å². The number of hydrogen-bond donors (Lipinski definition) is 1. The number of methoxy groups -OCH3 is 2. The highest BCUT2D eigenvalue weighted by Gasteiger charge is 2.09. The summed E-state index contributed by atoms with van der Waals surface area (Å²) < 4.78 is 24.3.